The first-order chi connectivity index (χ1) is 10.2. The smallest absolute Gasteiger partial charge is 0.238 e. The van der Waals surface area contributed by atoms with Crippen molar-refractivity contribution in [1.82, 2.24) is 4.90 Å². The molecule has 0 bridgehead atoms. The summed E-state index contributed by atoms with van der Waals surface area (Å²) in [5.41, 5.74) is 7.21. The van der Waals surface area contributed by atoms with E-state index in [1.165, 1.54) is 38.5 Å². The molecule has 1 aliphatic heterocycles. The van der Waals surface area contributed by atoms with Crippen molar-refractivity contribution in [3.8, 4) is 0 Å². The molecule has 4 nitrogen and oxygen atoms in total. The third kappa shape index (κ3) is 3.56. The molecule has 0 spiro atoms. The number of benzene rings is 1. The number of anilines is 2. The van der Waals surface area contributed by atoms with E-state index < -0.39 is 0 Å². The van der Waals surface area contributed by atoms with Crippen molar-refractivity contribution in [2.24, 2.45) is 5.92 Å². The molecule has 1 amide bonds. The summed E-state index contributed by atoms with van der Waals surface area (Å²) in [5.74, 6) is 0.887. The molecule has 0 radical (unpaired) electrons. The standard InChI is InChI=1S/C17H25N3O/c18-14-7-3-8-15(11-14)19-17(21)12-20-10-4-9-16(20)13-5-1-2-6-13/h3,7-8,11,13,16H,1-2,4-6,9-10,12,18H2,(H,19,21). The Labute approximate surface area is 126 Å². The van der Waals surface area contributed by atoms with E-state index in [1.807, 2.05) is 18.2 Å². The van der Waals surface area contributed by atoms with Crippen molar-refractivity contribution in [2.45, 2.75) is 44.6 Å². The van der Waals surface area contributed by atoms with Crippen LogP contribution >= 0.6 is 0 Å². The molecule has 4 heteroatoms. The summed E-state index contributed by atoms with van der Waals surface area (Å²) in [6.07, 6.45) is 7.91. The van der Waals surface area contributed by atoms with Crippen LogP contribution in [0.5, 0.6) is 0 Å². The van der Waals surface area contributed by atoms with Crippen molar-refractivity contribution in [3.63, 3.8) is 0 Å². The van der Waals surface area contributed by atoms with Crippen LogP contribution in [0.25, 0.3) is 0 Å². The number of carbonyl (C=O) groups excluding carboxylic acids is 1. The molecule has 2 aliphatic rings. The van der Waals surface area contributed by atoms with Gasteiger partial charge in [-0.05, 0) is 56.3 Å². The van der Waals surface area contributed by atoms with E-state index in [1.54, 1.807) is 6.07 Å². The van der Waals surface area contributed by atoms with Gasteiger partial charge < -0.3 is 11.1 Å². The lowest BCUT2D eigenvalue weighted by molar-refractivity contribution is -0.117. The highest BCUT2D eigenvalue weighted by Gasteiger charge is 2.33. The molecule has 1 atom stereocenters. The highest BCUT2D eigenvalue weighted by atomic mass is 16.2. The average molecular weight is 287 g/mol. The Morgan fingerprint density at radius 2 is 2.05 bits per heavy atom. The molecule has 1 aromatic rings. The summed E-state index contributed by atoms with van der Waals surface area (Å²) in [7, 11) is 0. The van der Waals surface area contributed by atoms with Crippen LogP contribution in [0.3, 0.4) is 0 Å². The number of rotatable bonds is 4. The van der Waals surface area contributed by atoms with Crippen LogP contribution in [-0.2, 0) is 4.79 Å². The molecule has 1 aromatic carbocycles. The lowest BCUT2D eigenvalue weighted by Crippen LogP contribution is -2.40. The monoisotopic (exact) mass is 287 g/mol. The normalized spacial score (nSPS) is 23.5. The Hall–Kier alpha value is -1.55. The van der Waals surface area contributed by atoms with Crippen LogP contribution in [-0.4, -0.2) is 29.9 Å². The molecule has 3 rings (SSSR count). The van der Waals surface area contributed by atoms with Crippen LogP contribution in [0.15, 0.2) is 24.3 Å². The zero-order valence-corrected chi connectivity index (χ0v) is 12.6. The molecule has 114 valence electrons. The topological polar surface area (TPSA) is 58.4 Å². The second kappa shape index (κ2) is 6.48. The van der Waals surface area contributed by atoms with Gasteiger partial charge in [0.2, 0.25) is 5.91 Å². The third-order valence-electron chi connectivity index (χ3n) is 4.88. The molecule has 2 fully saturated rings. The molecular weight excluding hydrogens is 262 g/mol. The Bertz CT molecular complexity index is 497. The van der Waals surface area contributed by atoms with Gasteiger partial charge in [0.25, 0.3) is 0 Å². The van der Waals surface area contributed by atoms with Crippen molar-refractivity contribution < 1.29 is 4.79 Å². The van der Waals surface area contributed by atoms with Gasteiger partial charge in [0.15, 0.2) is 0 Å². The van der Waals surface area contributed by atoms with E-state index >= 15 is 0 Å². The summed E-state index contributed by atoms with van der Waals surface area (Å²) in [4.78, 5) is 14.6. The fraction of sp³-hybridized carbons (Fsp3) is 0.588. The fourth-order valence-electron chi connectivity index (χ4n) is 3.93. The summed E-state index contributed by atoms with van der Waals surface area (Å²) >= 11 is 0. The first-order valence-corrected chi connectivity index (χ1v) is 8.12. The molecule has 1 saturated heterocycles. The van der Waals surface area contributed by atoms with E-state index in [4.69, 9.17) is 5.73 Å². The van der Waals surface area contributed by atoms with Gasteiger partial charge in [-0.1, -0.05) is 18.9 Å². The van der Waals surface area contributed by atoms with Crippen LogP contribution in [0.4, 0.5) is 11.4 Å². The number of nitrogens with two attached hydrogens (primary N) is 1. The minimum absolute atomic E-state index is 0.0745. The van der Waals surface area contributed by atoms with Crippen molar-refractivity contribution in [1.29, 1.82) is 0 Å². The maximum Gasteiger partial charge on any atom is 0.238 e. The van der Waals surface area contributed by atoms with Gasteiger partial charge in [0, 0.05) is 17.4 Å². The zero-order chi connectivity index (χ0) is 14.7. The number of nitrogen functional groups attached to an aromatic ring is 1. The highest BCUT2D eigenvalue weighted by molar-refractivity contribution is 5.92. The van der Waals surface area contributed by atoms with Crippen molar-refractivity contribution >= 4 is 17.3 Å². The van der Waals surface area contributed by atoms with Crippen LogP contribution in [0.1, 0.15) is 38.5 Å². The molecule has 3 N–H and O–H groups in total. The van der Waals surface area contributed by atoms with Gasteiger partial charge in [-0.15, -0.1) is 0 Å². The number of amides is 1. The number of likely N-dealkylation sites (tertiary alicyclic amines) is 1. The Morgan fingerprint density at radius 3 is 2.81 bits per heavy atom. The van der Waals surface area contributed by atoms with Gasteiger partial charge >= 0.3 is 0 Å². The summed E-state index contributed by atoms with van der Waals surface area (Å²) in [5, 5.41) is 2.96. The van der Waals surface area contributed by atoms with Gasteiger partial charge in [-0.25, -0.2) is 0 Å². The predicted molar refractivity (Wildman–Crippen MR) is 86.0 cm³/mol. The summed E-state index contributed by atoms with van der Waals surface area (Å²) in [6.45, 7) is 1.57. The third-order valence-corrected chi connectivity index (χ3v) is 4.88. The number of carbonyl (C=O) groups is 1. The molecular formula is C17H25N3O. The lowest BCUT2D eigenvalue weighted by Gasteiger charge is -2.28. The second-order valence-corrected chi connectivity index (χ2v) is 6.40. The first kappa shape index (κ1) is 14.4. The summed E-state index contributed by atoms with van der Waals surface area (Å²) < 4.78 is 0. The van der Waals surface area contributed by atoms with E-state index in [9.17, 15) is 4.79 Å². The Balaban J connectivity index is 1.56. The van der Waals surface area contributed by atoms with E-state index in [2.05, 4.69) is 10.2 Å². The molecule has 1 aliphatic carbocycles. The minimum atomic E-state index is 0.0745. The average Bonchev–Trinajstić information content (AvgIpc) is 3.08. The number of hydrogen-bond acceptors (Lipinski definition) is 3. The van der Waals surface area contributed by atoms with Crippen LogP contribution in [0, 0.1) is 5.92 Å². The predicted octanol–water partition coefficient (Wildman–Crippen LogP) is 2.86. The molecule has 0 aromatic heterocycles. The van der Waals surface area contributed by atoms with E-state index in [0.717, 1.165) is 18.2 Å². The molecule has 1 unspecified atom stereocenters. The first-order valence-electron chi connectivity index (χ1n) is 8.12. The fourth-order valence-corrected chi connectivity index (χ4v) is 3.93. The molecule has 1 heterocycles. The Morgan fingerprint density at radius 1 is 1.24 bits per heavy atom. The van der Waals surface area contributed by atoms with Crippen LogP contribution in [0.2, 0.25) is 0 Å². The highest BCUT2D eigenvalue weighted by Crippen LogP contribution is 2.35. The maximum absolute atomic E-state index is 12.2. The SMILES string of the molecule is Nc1cccc(NC(=O)CN2CCCC2C2CCCC2)c1. The molecule has 1 saturated carbocycles. The van der Waals surface area contributed by atoms with Crippen LogP contribution < -0.4 is 11.1 Å². The maximum atomic E-state index is 12.2. The van der Waals surface area contributed by atoms with Crippen molar-refractivity contribution in [3.05, 3.63) is 24.3 Å². The zero-order valence-electron chi connectivity index (χ0n) is 12.6. The van der Waals surface area contributed by atoms with Gasteiger partial charge in [-0.2, -0.15) is 0 Å². The summed E-state index contributed by atoms with van der Waals surface area (Å²) in [6, 6.07) is 8.00. The lowest BCUT2D eigenvalue weighted by atomic mass is 9.96. The van der Waals surface area contributed by atoms with Crippen molar-refractivity contribution in [2.75, 3.05) is 24.1 Å². The Kier molecular flexibility index (Phi) is 4.44. The van der Waals surface area contributed by atoms with Gasteiger partial charge in [-0.3, -0.25) is 9.69 Å². The van der Waals surface area contributed by atoms with E-state index in [-0.39, 0.29) is 5.91 Å². The minimum Gasteiger partial charge on any atom is -0.399 e. The quantitative estimate of drug-likeness (QED) is 0.837. The second-order valence-electron chi connectivity index (χ2n) is 6.40. The number of nitrogens with zero attached hydrogens (tertiary/aromatic N) is 1. The van der Waals surface area contributed by atoms with E-state index in [0.29, 0.717) is 18.3 Å². The number of nitrogens with one attached hydrogen (secondary N) is 1. The largest absolute Gasteiger partial charge is 0.399 e. The number of hydrogen-bond donors (Lipinski definition) is 2. The van der Waals surface area contributed by atoms with Gasteiger partial charge in [0.1, 0.15) is 0 Å². The molecule has 21 heavy (non-hydrogen) atoms. The van der Waals surface area contributed by atoms with Gasteiger partial charge in [0.05, 0.1) is 6.54 Å².